The molecule has 23 heavy (non-hydrogen) atoms. The van der Waals surface area contributed by atoms with Gasteiger partial charge in [0.25, 0.3) is 0 Å². The quantitative estimate of drug-likeness (QED) is 0.898. The minimum atomic E-state index is 0. The van der Waals surface area contributed by atoms with E-state index in [0.717, 1.165) is 50.8 Å². The van der Waals surface area contributed by atoms with E-state index in [2.05, 4.69) is 22.3 Å². The van der Waals surface area contributed by atoms with Crippen LogP contribution in [-0.4, -0.2) is 61.5 Å². The van der Waals surface area contributed by atoms with Gasteiger partial charge in [-0.3, -0.25) is 4.79 Å². The lowest BCUT2D eigenvalue weighted by atomic mass is 9.99. The third-order valence-corrected chi connectivity index (χ3v) is 4.98. The molecule has 1 aromatic rings. The van der Waals surface area contributed by atoms with Gasteiger partial charge in [0.05, 0.1) is 0 Å². The van der Waals surface area contributed by atoms with Crippen LogP contribution in [-0.2, 0) is 4.79 Å². The minimum absolute atomic E-state index is 0. The highest BCUT2D eigenvalue weighted by atomic mass is 35.5. The molecule has 1 amide bonds. The van der Waals surface area contributed by atoms with Gasteiger partial charge in [0.2, 0.25) is 5.91 Å². The van der Waals surface area contributed by atoms with Crippen molar-refractivity contribution in [1.29, 1.82) is 0 Å². The van der Waals surface area contributed by atoms with Crippen LogP contribution in [0.4, 0.5) is 0 Å². The Balaban J connectivity index is 0.00000192. The summed E-state index contributed by atoms with van der Waals surface area (Å²) in [6.45, 7) is 6.58. The van der Waals surface area contributed by atoms with Crippen molar-refractivity contribution in [3.8, 4) is 0 Å². The normalized spacial score (nSPS) is 22.0. The number of likely N-dealkylation sites (tertiary alicyclic amines) is 1. The van der Waals surface area contributed by atoms with E-state index in [4.69, 9.17) is 11.6 Å². The first-order valence-corrected chi connectivity index (χ1v) is 8.56. The first-order chi connectivity index (χ1) is 10.7. The third kappa shape index (κ3) is 5.08. The van der Waals surface area contributed by atoms with Gasteiger partial charge in [-0.25, -0.2) is 0 Å². The summed E-state index contributed by atoms with van der Waals surface area (Å²) in [4.78, 5) is 16.6. The number of rotatable bonds is 4. The predicted octanol–water partition coefficient (Wildman–Crippen LogP) is 2.37. The Kier molecular flexibility index (Phi) is 7.15. The van der Waals surface area contributed by atoms with Crippen LogP contribution in [0.5, 0.6) is 0 Å². The minimum Gasteiger partial charge on any atom is -0.340 e. The second-order valence-electron chi connectivity index (χ2n) is 6.22. The van der Waals surface area contributed by atoms with E-state index < -0.39 is 0 Å². The van der Waals surface area contributed by atoms with Gasteiger partial charge in [-0.15, -0.1) is 12.4 Å². The van der Waals surface area contributed by atoms with Crippen molar-refractivity contribution < 1.29 is 4.79 Å². The zero-order valence-electron chi connectivity index (χ0n) is 13.3. The molecule has 6 heteroatoms. The Hall–Kier alpha value is -0.810. The van der Waals surface area contributed by atoms with Gasteiger partial charge in [0.1, 0.15) is 0 Å². The summed E-state index contributed by atoms with van der Waals surface area (Å²) in [7, 11) is 0. The van der Waals surface area contributed by atoms with Crippen LogP contribution in [0.2, 0.25) is 5.02 Å². The fourth-order valence-corrected chi connectivity index (χ4v) is 3.49. The van der Waals surface area contributed by atoms with Crippen LogP contribution in [0, 0.1) is 0 Å². The Labute approximate surface area is 149 Å². The zero-order chi connectivity index (χ0) is 15.4. The molecule has 2 heterocycles. The fraction of sp³-hybridized carbons (Fsp3) is 0.588. The van der Waals surface area contributed by atoms with Crippen LogP contribution in [0.1, 0.15) is 24.3 Å². The molecule has 0 bridgehead atoms. The molecule has 4 nitrogen and oxygen atoms in total. The lowest BCUT2D eigenvalue weighted by Crippen LogP contribution is -2.47. The van der Waals surface area contributed by atoms with Crippen LogP contribution in [0.25, 0.3) is 0 Å². The third-order valence-electron chi connectivity index (χ3n) is 4.73. The number of amides is 1. The van der Waals surface area contributed by atoms with Crippen LogP contribution in [0.3, 0.4) is 0 Å². The highest BCUT2D eigenvalue weighted by Gasteiger charge is 2.25. The highest BCUT2D eigenvalue weighted by Crippen LogP contribution is 2.28. The van der Waals surface area contributed by atoms with Crippen LogP contribution < -0.4 is 5.32 Å². The van der Waals surface area contributed by atoms with E-state index >= 15 is 0 Å². The smallest absolute Gasteiger partial charge is 0.223 e. The number of halogens is 2. The summed E-state index contributed by atoms with van der Waals surface area (Å²) in [6.07, 6.45) is 1.82. The summed E-state index contributed by atoms with van der Waals surface area (Å²) >= 11 is 5.95. The molecular formula is C17H25Cl2N3O. The molecular weight excluding hydrogens is 333 g/mol. The second-order valence-corrected chi connectivity index (χ2v) is 6.65. The molecule has 0 radical (unpaired) electrons. The summed E-state index contributed by atoms with van der Waals surface area (Å²) in [5, 5.41) is 4.07. The summed E-state index contributed by atoms with van der Waals surface area (Å²) in [5.74, 6) is 0.878. The Morgan fingerprint density at radius 2 is 1.87 bits per heavy atom. The molecule has 1 aromatic carbocycles. The molecule has 128 valence electrons. The average molecular weight is 358 g/mol. The van der Waals surface area contributed by atoms with Crippen molar-refractivity contribution in [3.05, 3.63) is 34.9 Å². The number of nitrogens with one attached hydrogen (secondary N) is 1. The molecule has 1 N–H and O–H groups in total. The average Bonchev–Trinajstić information content (AvgIpc) is 3.03. The zero-order valence-corrected chi connectivity index (χ0v) is 14.9. The topological polar surface area (TPSA) is 35.6 Å². The molecule has 2 saturated heterocycles. The molecule has 2 aliphatic heterocycles. The van der Waals surface area contributed by atoms with Crippen molar-refractivity contribution in [2.75, 3.05) is 45.8 Å². The van der Waals surface area contributed by atoms with Gasteiger partial charge in [0, 0.05) is 50.7 Å². The number of carbonyl (C=O) groups excluding carboxylic acids is 1. The molecule has 0 aliphatic carbocycles. The number of carbonyl (C=O) groups is 1. The Morgan fingerprint density at radius 1 is 1.17 bits per heavy atom. The first kappa shape index (κ1) is 18.5. The van der Waals surface area contributed by atoms with Gasteiger partial charge >= 0.3 is 0 Å². The number of piperazine rings is 1. The lowest BCUT2D eigenvalue weighted by molar-refractivity contribution is -0.132. The van der Waals surface area contributed by atoms with Gasteiger partial charge in [-0.05, 0) is 36.6 Å². The first-order valence-electron chi connectivity index (χ1n) is 8.19. The SMILES string of the molecule is Cl.O=C(CCN1CCC(c2ccc(Cl)cc2)C1)N1CCNCC1. The van der Waals surface area contributed by atoms with Crippen molar-refractivity contribution in [2.24, 2.45) is 0 Å². The molecule has 1 atom stereocenters. The molecule has 0 aromatic heterocycles. The standard InChI is InChI=1S/C17H24ClN3O.ClH/c18-16-3-1-14(2-4-16)15-5-9-20(13-15)10-6-17(22)21-11-7-19-8-12-21;/h1-4,15,19H,5-13H2;1H. The van der Waals surface area contributed by atoms with E-state index in [1.165, 1.54) is 12.0 Å². The number of nitrogens with zero attached hydrogens (tertiary/aromatic N) is 2. The van der Waals surface area contributed by atoms with Crippen molar-refractivity contribution >= 4 is 29.9 Å². The monoisotopic (exact) mass is 357 g/mol. The number of benzene rings is 1. The van der Waals surface area contributed by atoms with E-state index in [-0.39, 0.29) is 12.4 Å². The highest BCUT2D eigenvalue weighted by molar-refractivity contribution is 6.30. The fourth-order valence-electron chi connectivity index (χ4n) is 3.37. The second kappa shape index (κ2) is 8.88. The molecule has 2 fully saturated rings. The number of hydrogen-bond acceptors (Lipinski definition) is 3. The molecule has 2 aliphatic rings. The molecule has 0 saturated carbocycles. The number of hydrogen-bond donors (Lipinski definition) is 1. The van der Waals surface area contributed by atoms with Crippen molar-refractivity contribution in [3.63, 3.8) is 0 Å². The summed E-state index contributed by atoms with van der Waals surface area (Å²) in [5.41, 5.74) is 1.36. The largest absolute Gasteiger partial charge is 0.340 e. The summed E-state index contributed by atoms with van der Waals surface area (Å²) < 4.78 is 0. The van der Waals surface area contributed by atoms with Gasteiger partial charge < -0.3 is 15.1 Å². The van der Waals surface area contributed by atoms with Crippen LogP contribution in [0.15, 0.2) is 24.3 Å². The van der Waals surface area contributed by atoms with Crippen molar-refractivity contribution in [2.45, 2.75) is 18.8 Å². The summed E-state index contributed by atoms with van der Waals surface area (Å²) in [6, 6.07) is 8.19. The maximum absolute atomic E-state index is 12.2. The van der Waals surface area contributed by atoms with Crippen LogP contribution >= 0.6 is 24.0 Å². The van der Waals surface area contributed by atoms with Gasteiger partial charge in [-0.2, -0.15) is 0 Å². The Morgan fingerprint density at radius 3 is 2.57 bits per heavy atom. The predicted molar refractivity (Wildman–Crippen MR) is 96.6 cm³/mol. The maximum Gasteiger partial charge on any atom is 0.223 e. The van der Waals surface area contributed by atoms with Crippen molar-refractivity contribution in [1.82, 2.24) is 15.1 Å². The van der Waals surface area contributed by atoms with Gasteiger partial charge in [-0.1, -0.05) is 23.7 Å². The van der Waals surface area contributed by atoms with E-state index in [1.807, 2.05) is 17.0 Å². The Bertz CT molecular complexity index is 503. The van der Waals surface area contributed by atoms with Gasteiger partial charge in [0.15, 0.2) is 0 Å². The van der Waals surface area contributed by atoms with E-state index in [1.54, 1.807) is 0 Å². The molecule has 3 rings (SSSR count). The molecule has 1 unspecified atom stereocenters. The van der Waals surface area contributed by atoms with E-state index in [9.17, 15) is 4.79 Å². The lowest BCUT2D eigenvalue weighted by Gasteiger charge is -2.28. The maximum atomic E-state index is 12.2. The molecule has 0 spiro atoms. The van der Waals surface area contributed by atoms with E-state index in [0.29, 0.717) is 18.2 Å².